The van der Waals surface area contributed by atoms with Crippen molar-refractivity contribution in [1.29, 1.82) is 0 Å². The number of rotatable bonds is 9. The van der Waals surface area contributed by atoms with Gasteiger partial charge in [0, 0.05) is 19.2 Å². The van der Waals surface area contributed by atoms with E-state index in [1.165, 1.54) is 37.7 Å². The summed E-state index contributed by atoms with van der Waals surface area (Å²) in [5.74, 6) is -0.196. The molecule has 1 heterocycles. The summed E-state index contributed by atoms with van der Waals surface area (Å²) in [6, 6.07) is 0. The maximum absolute atomic E-state index is 11.7. The number of allylic oxidation sites excluding steroid dienone is 1. The van der Waals surface area contributed by atoms with Gasteiger partial charge in [0.2, 0.25) is 0 Å². The van der Waals surface area contributed by atoms with E-state index in [0.717, 1.165) is 6.42 Å². The molecule has 0 aromatic heterocycles. The quantitative estimate of drug-likeness (QED) is 0.557. The first kappa shape index (κ1) is 15.7. The Morgan fingerprint density at radius 2 is 2.21 bits per heavy atom. The molecule has 1 aliphatic heterocycles. The number of nitrogens with zero attached hydrogens (tertiary/aromatic N) is 1. The van der Waals surface area contributed by atoms with Crippen LogP contribution in [0.15, 0.2) is 16.9 Å². The van der Waals surface area contributed by atoms with Crippen LogP contribution < -0.4 is 10.7 Å². The number of carbonyl (C=O) groups excluding carboxylic acids is 1. The second kappa shape index (κ2) is 9.55. The molecule has 0 unspecified atom stereocenters. The van der Waals surface area contributed by atoms with Crippen molar-refractivity contribution in [1.82, 2.24) is 10.7 Å². The normalized spacial score (nSPS) is 14.4. The van der Waals surface area contributed by atoms with E-state index in [1.54, 1.807) is 0 Å². The van der Waals surface area contributed by atoms with Crippen molar-refractivity contribution in [3.63, 3.8) is 0 Å². The monoisotopic (exact) mass is 267 g/mol. The van der Waals surface area contributed by atoms with E-state index in [9.17, 15) is 4.79 Å². The van der Waals surface area contributed by atoms with Gasteiger partial charge in [-0.3, -0.25) is 10.2 Å². The zero-order valence-corrected chi connectivity index (χ0v) is 11.7. The fraction of sp³-hybridized carbons (Fsp3) is 0.714. The van der Waals surface area contributed by atoms with Crippen LogP contribution in [0, 0.1) is 0 Å². The average Bonchev–Trinajstić information content (AvgIpc) is 2.45. The Bertz CT molecular complexity index is 338. The van der Waals surface area contributed by atoms with Crippen molar-refractivity contribution in [2.75, 3.05) is 13.2 Å². The van der Waals surface area contributed by atoms with Gasteiger partial charge in [-0.2, -0.15) is 5.10 Å². The predicted molar refractivity (Wildman–Crippen MR) is 76.7 cm³/mol. The van der Waals surface area contributed by atoms with Crippen molar-refractivity contribution in [3.05, 3.63) is 11.8 Å². The molecule has 19 heavy (non-hydrogen) atoms. The highest BCUT2D eigenvalue weighted by molar-refractivity contribution is 6.39. The van der Waals surface area contributed by atoms with E-state index in [1.807, 2.05) is 6.20 Å². The van der Waals surface area contributed by atoms with Crippen molar-refractivity contribution >= 4 is 11.6 Å². The van der Waals surface area contributed by atoms with Gasteiger partial charge < -0.3 is 10.4 Å². The molecule has 108 valence electrons. The highest BCUT2D eigenvalue weighted by atomic mass is 16.3. The molecule has 5 nitrogen and oxygen atoms in total. The van der Waals surface area contributed by atoms with Gasteiger partial charge in [-0.05, 0) is 18.4 Å². The third-order valence-electron chi connectivity index (χ3n) is 3.12. The molecule has 1 rings (SSSR count). The molecule has 0 atom stereocenters. The molecule has 0 fully saturated rings. The number of aliphatic hydroxyl groups excluding tert-OH is 1. The number of hydrazone groups is 1. The third kappa shape index (κ3) is 6.38. The van der Waals surface area contributed by atoms with E-state index < -0.39 is 0 Å². The van der Waals surface area contributed by atoms with Crippen LogP contribution in [0.25, 0.3) is 0 Å². The minimum atomic E-state index is -0.196. The molecule has 0 bridgehead atoms. The number of hydrogen-bond acceptors (Lipinski definition) is 4. The zero-order chi connectivity index (χ0) is 13.9. The van der Waals surface area contributed by atoms with Gasteiger partial charge in [0.05, 0.1) is 6.61 Å². The first-order valence-electron chi connectivity index (χ1n) is 7.17. The van der Waals surface area contributed by atoms with Crippen molar-refractivity contribution in [2.24, 2.45) is 5.10 Å². The van der Waals surface area contributed by atoms with Gasteiger partial charge >= 0.3 is 0 Å². The average molecular weight is 267 g/mol. The maximum atomic E-state index is 11.7. The summed E-state index contributed by atoms with van der Waals surface area (Å²) in [4.78, 5) is 11.7. The largest absolute Gasteiger partial charge is 0.395 e. The molecule has 1 aliphatic rings. The van der Waals surface area contributed by atoms with E-state index in [4.69, 9.17) is 5.11 Å². The summed E-state index contributed by atoms with van der Waals surface area (Å²) in [5.41, 5.74) is 4.52. The summed E-state index contributed by atoms with van der Waals surface area (Å²) in [6.45, 7) is 2.43. The molecule has 0 aromatic carbocycles. The van der Waals surface area contributed by atoms with Crippen LogP contribution in [0.3, 0.4) is 0 Å². The highest BCUT2D eigenvalue weighted by Crippen LogP contribution is 2.16. The molecule has 0 radical (unpaired) electrons. The van der Waals surface area contributed by atoms with Crippen LogP contribution in [0.2, 0.25) is 0 Å². The number of carbonyl (C=O) groups is 1. The summed E-state index contributed by atoms with van der Waals surface area (Å²) >= 11 is 0. The van der Waals surface area contributed by atoms with E-state index in [2.05, 4.69) is 22.8 Å². The minimum absolute atomic E-state index is 0.0490. The molecular weight excluding hydrogens is 242 g/mol. The molecule has 0 spiro atoms. The minimum Gasteiger partial charge on any atom is -0.395 e. The second-order valence-corrected chi connectivity index (χ2v) is 4.81. The second-order valence-electron chi connectivity index (χ2n) is 4.81. The summed E-state index contributed by atoms with van der Waals surface area (Å²) in [7, 11) is 0. The molecule has 3 N–H and O–H groups in total. The number of aliphatic hydroxyl groups is 1. The van der Waals surface area contributed by atoms with E-state index in [0.29, 0.717) is 12.1 Å². The Balaban J connectivity index is 2.24. The number of amides is 1. The van der Waals surface area contributed by atoms with Gasteiger partial charge in [0.25, 0.3) is 5.91 Å². The van der Waals surface area contributed by atoms with Crippen molar-refractivity contribution < 1.29 is 9.90 Å². The van der Waals surface area contributed by atoms with Gasteiger partial charge in [0.1, 0.15) is 5.71 Å². The third-order valence-corrected chi connectivity index (χ3v) is 3.12. The van der Waals surface area contributed by atoms with Crippen LogP contribution in [-0.2, 0) is 4.79 Å². The maximum Gasteiger partial charge on any atom is 0.267 e. The van der Waals surface area contributed by atoms with Gasteiger partial charge in [-0.1, -0.05) is 32.6 Å². The predicted octanol–water partition coefficient (Wildman–Crippen LogP) is 1.69. The Morgan fingerprint density at radius 1 is 1.42 bits per heavy atom. The fourth-order valence-corrected chi connectivity index (χ4v) is 2.03. The standard InChI is InChI=1S/C14H25N3O2/c1-2-3-4-5-6-7-12-10-13(17-16-11-12)14(19)15-8-9-18/h11,16,18H,2-10H2,1H3,(H,15,19). The molecule has 5 heteroatoms. The van der Waals surface area contributed by atoms with E-state index >= 15 is 0 Å². The summed E-state index contributed by atoms with van der Waals surface area (Å²) in [6.07, 6.45) is 9.77. The summed E-state index contributed by atoms with van der Waals surface area (Å²) < 4.78 is 0. The fourth-order valence-electron chi connectivity index (χ4n) is 2.03. The first-order valence-corrected chi connectivity index (χ1v) is 7.17. The Hall–Kier alpha value is -1.36. The SMILES string of the molecule is CCCCCCCC1=CNN=C(C(=O)NCCO)C1. The number of unbranched alkanes of at least 4 members (excludes halogenated alkanes) is 4. The zero-order valence-electron chi connectivity index (χ0n) is 11.7. The highest BCUT2D eigenvalue weighted by Gasteiger charge is 2.15. The smallest absolute Gasteiger partial charge is 0.267 e. The lowest BCUT2D eigenvalue weighted by molar-refractivity contribution is -0.115. The van der Waals surface area contributed by atoms with Crippen LogP contribution in [-0.4, -0.2) is 29.9 Å². The lowest BCUT2D eigenvalue weighted by Crippen LogP contribution is -2.35. The molecular formula is C14H25N3O2. The first-order chi connectivity index (χ1) is 9.27. The molecule has 0 saturated carbocycles. The van der Waals surface area contributed by atoms with Crippen LogP contribution in [0.5, 0.6) is 0 Å². The molecule has 0 saturated heterocycles. The lowest BCUT2D eigenvalue weighted by atomic mass is 10.0. The van der Waals surface area contributed by atoms with Crippen LogP contribution >= 0.6 is 0 Å². The molecule has 0 aromatic rings. The number of nitrogens with one attached hydrogen (secondary N) is 2. The van der Waals surface area contributed by atoms with Crippen molar-refractivity contribution in [3.8, 4) is 0 Å². The lowest BCUT2D eigenvalue weighted by Gasteiger charge is -2.14. The Kier molecular flexibility index (Phi) is 7.89. The number of hydrogen-bond donors (Lipinski definition) is 3. The van der Waals surface area contributed by atoms with E-state index in [-0.39, 0.29) is 19.1 Å². The van der Waals surface area contributed by atoms with Gasteiger partial charge in [-0.15, -0.1) is 0 Å². The van der Waals surface area contributed by atoms with Crippen LogP contribution in [0.1, 0.15) is 51.9 Å². The topological polar surface area (TPSA) is 73.7 Å². The van der Waals surface area contributed by atoms with Crippen molar-refractivity contribution in [2.45, 2.75) is 51.9 Å². The Morgan fingerprint density at radius 3 is 2.95 bits per heavy atom. The molecule has 0 aliphatic carbocycles. The molecule has 1 amide bonds. The van der Waals surface area contributed by atoms with Crippen LogP contribution in [0.4, 0.5) is 0 Å². The van der Waals surface area contributed by atoms with Gasteiger partial charge in [0.15, 0.2) is 0 Å². The van der Waals surface area contributed by atoms with Gasteiger partial charge in [-0.25, -0.2) is 0 Å². The summed E-state index contributed by atoms with van der Waals surface area (Å²) in [5, 5.41) is 15.3. The Labute approximate surface area is 115 Å².